The number of carbonyl (C=O) groups is 1. The van der Waals surface area contributed by atoms with Crippen molar-refractivity contribution in [3.8, 4) is 5.75 Å². The van der Waals surface area contributed by atoms with Gasteiger partial charge in [0.2, 0.25) is 0 Å². The van der Waals surface area contributed by atoms with Gasteiger partial charge in [0.25, 0.3) is 0 Å². The lowest BCUT2D eigenvalue weighted by Gasteiger charge is -1.98. The second kappa shape index (κ2) is 3.22. The third-order valence-electron chi connectivity index (χ3n) is 1.52. The van der Waals surface area contributed by atoms with Gasteiger partial charge in [0.1, 0.15) is 5.75 Å². The molecule has 0 saturated carbocycles. The molecule has 2 heteroatoms. The molecule has 1 rings (SSSR count). The summed E-state index contributed by atoms with van der Waals surface area (Å²) < 4.78 is 0. The average Bonchev–Trinajstić information content (AvgIpc) is 2.04. The van der Waals surface area contributed by atoms with Crippen LogP contribution in [-0.2, 0) is 0 Å². The van der Waals surface area contributed by atoms with Crippen LogP contribution in [0.2, 0.25) is 0 Å². The number of hydrogen-bond donors (Lipinski definition) is 1. The number of Topliss-reactive ketones (excluding diaryl/α,β-unsaturated/α-hetero) is 1. The van der Waals surface area contributed by atoms with Crippen LogP contribution in [0, 0.1) is 0 Å². The highest BCUT2D eigenvalue weighted by atomic mass is 16.3. The van der Waals surface area contributed by atoms with E-state index in [4.69, 9.17) is 5.11 Å². The Bertz CT molecular complexity index is 309. The normalized spacial score (nSPS) is 9.42. The summed E-state index contributed by atoms with van der Waals surface area (Å²) in [5.74, 6) is 0.0725. The molecule has 0 aliphatic heterocycles. The van der Waals surface area contributed by atoms with Gasteiger partial charge >= 0.3 is 0 Å². The van der Waals surface area contributed by atoms with E-state index in [1.807, 2.05) is 0 Å². The van der Waals surface area contributed by atoms with Crippen LogP contribution in [0.15, 0.2) is 36.4 Å². The average molecular weight is 162 g/mol. The maximum absolute atomic E-state index is 11.3. The number of benzene rings is 1. The van der Waals surface area contributed by atoms with Crippen molar-refractivity contribution in [2.24, 2.45) is 0 Å². The minimum absolute atomic E-state index is 0.0880. The number of phenolic OH excluding ortho intramolecular Hbond substituents is 1. The summed E-state index contributed by atoms with van der Waals surface area (Å²) in [4.78, 5) is 11.3. The largest absolute Gasteiger partial charge is 0.508 e. The molecule has 2 nitrogen and oxygen atoms in total. The molecule has 0 radical (unpaired) electrons. The fourth-order valence-electron chi connectivity index (χ4n) is 0.859. The summed E-state index contributed by atoms with van der Waals surface area (Å²) in [5, 5.41) is 8.94. The minimum atomic E-state index is -0.0880. The SMILES string of the molecule is C=C(C)C(=O)c1ccc(O)cc1. The van der Waals surface area contributed by atoms with E-state index in [0.29, 0.717) is 11.1 Å². The Balaban J connectivity index is 2.98. The number of aromatic hydroxyl groups is 1. The molecule has 0 bridgehead atoms. The summed E-state index contributed by atoms with van der Waals surface area (Å²) in [6.07, 6.45) is 0. The van der Waals surface area contributed by atoms with Crippen molar-refractivity contribution >= 4 is 5.78 Å². The van der Waals surface area contributed by atoms with Gasteiger partial charge in [-0.3, -0.25) is 4.79 Å². The number of rotatable bonds is 2. The third kappa shape index (κ3) is 1.72. The molecular weight excluding hydrogens is 152 g/mol. The molecule has 12 heavy (non-hydrogen) atoms. The maximum atomic E-state index is 11.3. The lowest BCUT2D eigenvalue weighted by molar-refractivity contribution is 0.103. The Hall–Kier alpha value is -1.57. The smallest absolute Gasteiger partial charge is 0.188 e. The van der Waals surface area contributed by atoms with Crippen molar-refractivity contribution in [3.05, 3.63) is 42.0 Å². The lowest BCUT2D eigenvalue weighted by Crippen LogP contribution is -1.98. The van der Waals surface area contributed by atoms with Crippen LogP contribution >= 0.6 is 0 Å². The summed E-state index contributed by atoms with van der Waals surface area (Å²) in [7, 11) is 0. The molecule has 0 heterocycles. The summed E-state index contributed by atoms with van der Waals surface area (Å²) in [5.41, 5.74) is 1.06. The van der Waals surface area contributed by atoms with Gasteiger partial charge in [0.15, 0.2) is 5.78 Å². The topological polar surface area (TPSA) is 37.3 Å². The zero-order chi connectivity index (χ0) is 9.14. The number of phenols is 1. The van der Waals surface area contributed by atoms with Crippen LogP contribution in [0.3, 0.4) is 0 Å². The molecule has 0 spiro atoms. The second-order valence-corrected chi connectivity index (χ2v) is 2.66. The Labute approximate surface area is 71.2 Å². The Morgan fingerprint density at radius 3 is 2.25 bits per heavy atom. The zero-order valence-electron chi connectivity index (χ0n) is 6.87. The Morgan fingerprint density at radius 1 is 1.33 bits per heavy atom. The van der Waals surface area contributed by atoms with Crippen molar-refractivity contribution < 1.29 is 9.90 Å². The van der Waals surface area contributed by atoms with Crippen molar-refractivity contribution in [1.82, 2.24) is 0 Å². The van der Waals surface area contributed by atoms with Crippen molar-refractivity contribution in [2.75, 3.05) is 0 Å². The molecule has 0 fully saturated rings. The Kier molecular flexibility index (Phi) is 2.29. The first-order chi connectivity index (χ1) is 5.61. The molecule has 0 aliphatic carbocycles. The van der Waals surface area contributed by atoms with Gasteiger partial charge in [-0.05, 0) is 36.8 Å². The van der Waals surface area contributed by atoms with Crippen molar-refractivity contribution in [2.45, 2.75) is 6.92 Å². The molecule has 62 valence electrons. The molecule has 0 atom stereocenters. The van der Waals surface area contributed by atoms with Gasteiger partial charge in [-0.1, -0.05) is 6.58 Å². The number of allylic oxidation sites excluding steroid dienone is 1. The van der Waals surface area contributed by atoms with E-state index in [1.165, 1.54) is 12.1 Å². The van der Waals surface area contributed by atoms with E-state index in [1.54, 1.807) is 19.1 Å². The Morgan fingerprint density at radius 2 is 1.83 bits per heavy atom. The highest BCUT2D eigenvalue weighted by Crippen LogP contribution is 2.12. The molecular formula is C10H10O2. The fraction of sp³-hybridized carbons (Fsp3) is 0.100. The van der Waals surface area contributed by atoms with Gasteiger partial charge in [-0.15, -0.1) is 0 Å². The van der Waals surface area contributed by atoms with Gasteiger partial charge < -0.3 is 5.11 Å². The molecule has 1 aromatic carbocycles. The quantitative estimate of drug-likeness (QED) is 0.534. The van der Waals surface area contributed by atoms with Gasteiger partial charge in [0, 0.05) is 5.56 Å². The van der Waals surface area contributed by atoms with Crippen molar-refractivity contribution in [3.63, 3.8) is 0 Å². The van der Waals surface area contributed by atoms with Crippen LogP contribution in [0.4, 0.5) is 0 Å². The highest BCUT2D eigenvalue weighted by Gasteiger charge is 2.04. The molecule has 0 aromatic heterocycles. The predicted molar refractivity (Wildman–Crippen MR) is 47.3 cm³/mol. The summed E-state index contributed by atoms with van der Waals surface area (Å²) >= 11 is 0. The van der Waals surface area contributed by atoms with E-state index in [2.05, 4.69) is 6.58 Å². The van der Waals surface area contributed by atoms with Crippen LogP contribution < -0.4 is 0 Å². The third-order valence-corrected chi connectivity index (χ3v) is 1.52. The van der Waals surface area contributed by atoms with Crippen LogP contribution in [0.25, 0.3) is 0 Å². The van der Waals surface area contributed by atoms with Gasteiger partial charge in [0.05, 0.1) is 0 Å². The maximum Gasteiger partial charge on any atom is 0.188 e. The number of carbonyl (C=O) groups excluding carboxylic acids is 1. The molecule has 1 aromatic rings. The molecule has 0 amide bonds. The number of hydrogen-bond acceptors (Lipinski definition) is 2. The van der Waals surface area contributed by atoms with Gasteiger partial charge in [-0.2, -0.15) is 0 Å². The first-order valence-electron chi connectivity index (χ1n) is 3.60. The molecule has 0 unspecified atom stereocenters. The molecule has 0 aliphatic rings. The number of ketones is 1. The predicted octanol–water partition coefficient (Wildman–Crippen LogP) is 2.15. The van der Waals surface area contributed by atoms with E-state index < -0.39 is 0 Å². The molecule has 0 saturated heterocycles. The first kappa shape index (κ1) is 8.53. The van der Waals surface area contributed by atoms with Crippen LogP contribution in [-0.4, -0.2) is 10.9 Å². The first-order valence-corrected chi connectivity index (χ1v) is 3.60. The zero-order valence-corrected chi connectivity index (χ0v) is 6.87. The van der Waals surface area contributed by atoms with Gasteiger partial charge in [-0.25, -0.2) is 0 Å². The lowest BCUT2D eigenvalue weighted by atomic mass is 10.1. The van der Waals surface area contributed by atoms with E-state index in [0.717, 1.165) is 0 Å². The second-order valence-electron chi connectivity index (χ2n) is 2.66. The standard InChI is InChI=1S/C10H10O2/c1-7(2)10(12)8-3-5-9(11)6-4-8/h3-6,11H,1H2,2H3. The van der Waals surface area contributed by atoms with E-state index in [9.17, 15) is 4.79 Å². The highest BCUT2D eigenvalue weighted by molar-refractivity contribution is 6.07. The van der Waals surface area contributed by atoms with E-state index >= 15 is 0 Å². The summed E-state index contributed by atoms with van der Waals surface area (Å²) in [6, 6.07) is 6.12. The van der Waals surface area contributed by atoms with Crippen molar-refractivity contribution in [1.29, 1.82) is 0 Å². The minimum Gasteiger partial charge on any atom is -0.508 e. The van der Waals surface area contributed by atoms with E-state index in [-0.39, 0.29) is 11.5 Å². The molecule has 1 N–H and O–H groups in total. The monoisotopic (exact) mass is 162 g/mol. The fourth-order valence-corrected chi connectivity index (χ4v) is 0.859. The summed E-state index contributed by atoms with van der Waals surface area (Å²) in [6.45, 7) is 5.20. The van der Waals surface area contributed by atoms with Crippen LogP contribution in [0.1, 0.15) is 17.3 Å². The van der Waals surface area contributed by atoms with Crippen LogP contribution in [0.5, 0.6) is 5.75 Å².